The Morgan fingerprint density at radius 1 is 0.698 bits per heavy atom. The lowest BCUT2D eigenvalue weighted by Crippen LogP contribution is -2.45. The van der Waals surface area contributed by atoms with Crippen molar-refractivity contribution < 1.29 is 9.05 Å². The summed E-state index contributed by atoms with van der Waals surface area (Å²) >= 11 is 0. The molecule has 0 unspecified atom stereocenters. The van der Waals surface area contributed by atoms with E-state index < -0.39 is 0 Å². The predicted molar refractivity (Wildman–Crippen MR) is 161 cm³/mol. The van der Waals surface area contributed by atoms with E-state index in [4.69, 9.17) is 19.0 Å². The van der Waals surface area contributed by atoms with Crippen molar-refractivity contribution in [3.63, 3.8) is 0 Å². The van der Waals surface area contributed by atoms with Gasteiger partial charge < -0.3 is 13.9 Å². The zero-order valence-electron chi connectivity index (χ0n) is 23.1. The Kier molecular flexibility index (Phi) is 5.96. The van der Waals surface area contributed by atoms with Gasteiger partial charge in [0.15, 0.2) is 0 Å². The third-order valence-corrected chi connectivity index (χ3v) is 7.73. The van der Waals surface area contributed by atoms with E-state index in [1.807, 2.05) is 79.9 Å². The lowest BCUT2D eigenvalue weighted by atomic mass is 9.91. The van der Waals surface area contributed by atoms with Crippen LogP contribution in [0.2, 0.25) is 0 Å². The van der Waals surface area contributed by atoms with Gasteiger partial charge in [-0.25, -0.2) is 0 Å². The van der Waals surface area contributed by atoms with E-state index in [-0.39, 0.29) is 0 Å². The van der Waals surface area contributed by atoms with E-state index in [0.717, 1.165) is 57.6 Å². The number of rotatable bonds is 6. The molecule has 0 saturated carbocycles. The van der Waals surface area contributed by atoms with E-state index >= 15 is 0 Å². The Morgan fingerprint density at radius 2 is 1.30 bits per heavy atom. The van der Waals surface area contributed by atoms with Crippen molar-refractivity contribution in [2.75, 3.05) is 18.0 Å². The highest BCUT2D eigenvalue weighted by atomic mass is 16.5. The maximum atomic E-state index is 5.63. The lowest BCUT2D eigenvalue weighted by Gasteiger charge is -2.41. The molecule has 1 aliphatic heterocycles. The van der Waals surface area contributed by atoms with Gasteiger partial charge in [0.05, 0.1) is 17.4 Å². The number of nitrogens with zero attached hydrogens (tertiary/aromatic N) is 8. The summed E-state index contributed by atoms with van der Waals surface area (Å²) in [7, 11) is 0. The number of aryl methyl sites for hydroxylation is 1. The summed E-state index contributed by atoms with van der Waals surface area (Å²) in [6.07, 6.45) is 3.73. The van der Waals surface area contributed by atoms with E-state index in [1.54, 1.807) is 6.20 Å². The number of hydrogen-bond acceptors (Lipinski definition) is 10. The molecule has 1 fully saturated rings. The molecule has 10 heteroatoms. The van der Waals surface area contributed by atoms with Crippen LogP contribution in [0.1, 0.15) is 17.2 Å². The summed E-state index contributed by atoms with van der Waals surface area (Å²) in [5, 5.41) is 17.8. The first-order chi connectivity index (χ1) is 21.2. The van der Waals surface area contributed by atoms with Gasteiger partial charge >= 0.3 is 0 Å². The molecule has 4 aromatic heterocycles. The van der Waals surface area contributed by atoms with Crippen molar-refractivity contribution in [2.45, 2.75) is 12.8 Å². The number of fused-ring (bicyclic) bond motifs is 1. The molecule has 5 heterocycles. The van der Waals surface area contributed by atoms with Gasteiger partial charge in [-0.05, 0) is 61.0 Å². The molecule has 1 aliphatic rings. The largest absolute Gasteiger partial charge is 0.370 e. The van der Waals surface area contributed by atoms with Crippen LogP contribution in [0.3, 0.4) is 0 Å². The molecule has 0 N–H and O–H groups in total. The van der Waals surface area contributed by atoms with Crippen LogP contribution in [-0.2, 0) is 0 Å². The minimum atomic E-state index is 0.335. The Balaban J connectivity index is 1.13. The van der Waals surface area contributed by atoms with Crippen molar-refractivity contribution in [1.29, 1.82) is 0 Å². The van der Waals surface area contributed by atoms with Gasteiger partial charge in [-0.1, -0.05) is 46.7 Å². The molecule has 8 rings (SSSR count). The molecule has 0 radical (unpaired) electrons. The van der Waals surface area contributed by atoms with Gasteiger partial charge in [-0.3, -0.25) is 4.98 Å². The molecule has 0 bridgehead atoms. The maximum Gasteiger partial charge on any atom is 0.258 e. The molecule has 10 nitrogen and oxygen atoms in total. The van der Waals surface area contributed by atoms with Gasteiger partial charge in [-0.15, -0.1) is 0 Å². The summed E-state index contributed by atoms with van der Waals surface area (Å²) < 4.78 is 11.3. The van der Waals surface area contributed by atoms with Crippen LogP contribution < -0.4 is 4.90 Å². The third kappa shape index (κ3) is 4.68. The quantitative estimate of drug-likeness (QED) is 0.225. The Morgan fingerprint density at radius 3 is 1.91 bits per heavy atom. The smallest absolute Gasteiger partial charge is 0.258 e. The number of pyridine rings is 1. The van der Waals surface area contributed by atoms with Crippen LogP contribution in [-0.4, -0.2) is 48.6 Å². The van der Waals surface area contributed by atoms with Gasteiger partial charge in [-0.2, -0.15) is 20.2 Å². The fourth-order valence-electron chi connectivity index (χ4n) is 5.38. The zero-order valence-corrected chi connectivity index (χ0v) is 23.1. The van der Waals surface area contributed by atoms with Gasteiger partial charge in [0.2, 0.25) is 11.6 Å². The molecular formula is C33H24N8O2. The van der Waals surface area contributed by atoms with Crippen molar-refractivity contribution in [3.05, 3.63) is 109 Å². The first-order valence-electron chi connectivity index (χ1n) is 13.9. The van der Waals surface area contributed by atoms with E-state index in [0.29, 0.717) is 29.3 Å². The monoisotopic (exact) mass is 564 g/mol. The molecule has 43 heavy (non-hydrogen) atoms. The molecule has 1 saturated heterocycles. The predicted octanol–water partition coefficient (Wildman–Crippen LogP) is 6.37. The second kappa shape index (κ2) is 10.3. The van der Waals surface area contributed by atoms with E-state index in [9.17, 15) is 0 Å². The van der Waals surface area contributed by atoms with Gasteiger partial charge in [0.25, 0.3) is 11.8 Å². The Labute approximate surface area is 246 Å². The fraction of sp³-hybridized carbons (Fsp3) is 0.121. The fourth-order valence-corrected chi connectivity index (χ4v) is 5.38. The number of aromatic nitrogens is 7. The van der Waals surface area contributed by atoms with Gasteiger partial charge in [0.1, 0.15) is 0 Å². The van der Waals surface area contributed by atoms with Crippen LogP contribution in [0, 0.1) is 6.92 Å². The number of hydrogen-bond donors (Lipinski definition) is 0. The Hall–Kier alpha value is -5.77. The molecule has 0 atom stereocenters. The summed E-state index contributed by atoms with van der Waals surface area (Å²) in [5.74, 6) is 2.23. The van der Waals surface area contributed by atoms with Crippen LogP contribution in [0.15, 0.2) is 106 Å². The standard InChI is InChI=1S/C33H24N8O2/c1-20-29-26(17-35-38-20)13-25(16-34-29)27-18-41(19-27)28-14-23(30-36-32(42-39-30)21-8-4-2-5-9-21)12-24(15-28)31-37-33(43-40-31)22-10-6-3-7-11-22/h2-17,27H,18-19H2,1H3. The SMILES string of the molecule is Cc1nncc2cc(C3CN(c4cc(-c5noc(-c6ccccc6)n5)cc(-c5noc(-c6ccccc6)n5)c4)C3)cnc12. The molecular weight excluding hydrogens is 540 g/mol. The van der Waals surface area contributed by atoms with Crippen molar-refractivity contribution >= 4 is 16.6 Å². The molecule has 0 spiro atoms. The van der Waals surface area contributed by atoms with E-state index in [1.165, 1.54) is 5.56 Å². The minimum absolute atomic E-state index is 0.335. The van der Waals surface area contributed by atoms with Crippen molar-refractivity contribution in [1.82, 2.24) is 35.5 Å². The molecule has 7 aromatic rings. The average Bonchev–Trinajstić information content (AvgIpc) is 3.73. The molecule has 3 aromatic carbocycles. The summed E-state index contributed by atoms with van der Waals surface area (Å²) in [5.41, 5.74) is 7.23. The minimum Gasteiger partial charge on any atom is -0.370 e. The molecule has 0 amide bonds. The second-order valence-electron chi connectivity index (χ2n) is 10.6. The van der Waals surface area contributed by atoms with Crippen molar-refractivity contribution in [3.8, 4) is 45.7 Å². The first kappa shape index (κ1) is 25.0. The van der Waals surface area contributed by atoms with Crippen molar-refractivity contribution in [2.24, 2.45) is 0 Å². The van der Waals surface area contributed by atoms with Gasteiger partial charge in [0, 0.05) is 58.5 Å². The third-order valence-electron chi connectivity index (χ3n) is 7.73. The van der Waals surface area contributed by atoms with Crippen LogP contribution in [0.25, 0.3) is 56.6 Å². The van der Waals surface area contributed by atoms with Crippen LogP contribution >= 0.6 is 0 Å². The highest BCUT2D eigenvalue weighted by Gasteiger charge is 2.30. The normalized spacial score (nSPS) is 13.4. The lowest BCUT2D eigenvalue weighted by molar-refractivity contribution is 0.432. The summed E-state index contributed by atoms with van der Waals surface area (Å²) in [6.45, 7) is 3.59. The van der Waals surface area contributed by atoms with E-state index in [2.05, 4.69) is 48.6 Å². The highest BCUT2D eigenvalue weighted by molar-refractivity contribution is 5.80. The van der Waals surface area contributed by atoms with Crippen LogP contribution in [0.5, 0.6) is 0 Å². The zero-order chi connectivity index (χ0) is 28.8. The molecule has 0 aliphatic carbocycles. The highest BCUT2D eigenvalue weighted by Crippen LogP contribution is 2.37. The van der Waals surface area contributed by atoms with Crippen LogP contribution in [0.4, 0.5) is 5.69 Å². The Bertz CT molecular complexity index is 1970. The maximum absolute atomic E-state index is 5.63. The number of benzene rings is 3. The summed E-state index contributed by atoms with van der Waals surface area (Å²) in [4.78, 5) is 16.4. The molecule has 208 valence electrons. The topological polar surface area (TPSA) is 120 Å². The second-order valence-corrected chi connectivity index (χ2v) is 10.6. The summed E-state index contributed by atoms with van der Waals surface area (Å²) in [6, 6.07) is 27.7. The first-order valence-corrected chi connectivity index (χ1v) is 13.9. The average molecular weight is 565 g/mol. The number of anilines is 1.